The van der Waals surface area contributed by atoms with Gasteiger partial charge in [0, 0.05) is 17.6 Å². The summed E-state index contributed by atoms with van der Waals surface area (Å²) < 4.78 is 1.05. The Labute approximate surface area is 125 Å². The number of rotatable bonds is 2. The third-order valence-electron chi connectivity index (χ3n) is 4.39. The number of carboxylic acid groups (broad SMARTS) is 1. The highest BCUT2D eigenvalue weighted by molar-refractivity contribution is 9.10. The molecule has 1 amide bonds. The van der Waals surface area contributed by atoms with E-state index in [4.69, 9.17) is 0 Å². The molecule has 1 aliphatic carbocycles. The summed E-state index contributed by atoms with van der Waals surface area (Å²) in [7, 11) is 0. The molecule has 1 fully saturated rings. The molecule has 0 aromatic heterocycles. The third kappa shape index (κ3) is 2.04. The van der Waals surface area contributed by atoms with Crippen molar-refractivity contribution in [1.29, 1.82) is 0 Å². The normalized spacial score (nSPS) is 19.4. The number of fused-ring (bicyclic) bond motifs is 1. The number of carboxylic acids is 1. The minimum atomic E-state index is -1.12. The molecule has 0 unspecified atom stereocenters. The first-order valence-electron chi connectivity index (χ1n) is 6.75. The first kappa shape index (κ1) is 13.6. The number of benzene rings is 1. The summed E-state index contributed by atoms with van der Waals surface area (Å²) in [6.07, 6.45) is 1.74. The number of carbonyl (C=O) groups excluding carboxylic acids is 1. The van der Waals surface area contributed by atoms with Gasteiger partial charge in [-0.2, -0.15) is 0 Å². The van der Waals surface area contributed by atoms with Gasteiger partial charge in [0.1, 0.15) is 5.41 Å². The molecule has 1 aliphatic heterocycles. The van der Waals surface area contributed by atoms with Crippen molar-refractivity contribution < 1.29 is 14.7 Å². The molecule has 1 aromatic carbocycles. The zero-order valence-corrected chi connectivity index (χ0v) is 12.9. The van der Waals surface area contributed by atoms with E-state index in [-0.39, 0.29) is 5.91 Å². The van der Waals surface area contributed by atoms with Crippen LogP contribution in [0.25, 0.3) is 0 Å². The number of amides is 1. The molecule has 2 aliphatic rings. The number of carbonyl (C=O) groups is 2. The summed E-state index contributed by atoms with van der Waals surface area (Å²) in [6.45, 7) is 3.17. The lowest BCUT2D eigenvalue weighted by molar-refractivity contribution is -0.153. The van der Waals surface area contributed by atoms with Gasteiger partial charge in [0.15, 0.2) is 0 Å². The average Bonchev–Trinajstić information content (AvgIpc) is 3.19. The maximum Gasteiger partial charge on any atom is 0.319 e. The molecule has 1 N–H and O–H groups in total. The van der Waals surface area contributed by atoms with Gasteiger partial charge in [-0.1, -0.05) is 15.9 Å². The molecule has 1 aromatic rings. The van der Waals surface area contributed by atoms with E-state index < -0.39 is 11.4 Å². The molecule has 0 saturated heterocycles. The number of aliphatic carboxylic acids is 1. The summed E-state index contributed by atoms with van der Waals surface area (Å²) in [5, 5.41) is 9.24. The molecule has 3 rings (SSSR count). The zero-order valence-electron chi connectivity index (χ0n) is 11.3. The SMILES string of the molecule is Cc1cc(Br)cc2c1CN(C(=O)C1(C(=O)O)CC1)CC2. The van der Waals surface area contributed by atoms with E-state index in [1.54, 1.807) is 4.90 Å². The van der Waals surface area contributed by atoms with E-state index in [0.717, 1.165) is 22.0 Å². The summed E-state index contributed by atoms with van der Waals surface area (Å²) in [5.41, 5.74) is 2.43. The lowest BCUT2D eigenvalue weighted by atomic mass is 9.94. The van der Waals surface area contributed by atoms with Crippen LogP contribution in [0.5, 0.6) is 0 Å². The Kier molecular flexibility index (Phi) is 3.12. The minimum absolute atomic E-state index is 0.210. The summed E-state index contributed by atoms with van der Waals surface area (Å²) in [6, 6.07) is 4.13. The zero-order chi connectivity index (χ0) is 14.5. The highest BCUT2D eigenvalue weighted by Gasteiger charge is 2.58. The second-order valence-corrected chi connectivity index (χ2v) is 6.64. The molecule has 20 heavy (non-hydrogen) atoms. The second-order valence-electron chi connectivity index (χ2n) is 5.72. The van der Waals surface area contributed by atoms with Gasteiger partial charge in [0.05, 0.1) is 0 Å². The Balaban J connectivity index is 1.86. The monoisotopic (exact) mass is 337 g/mol. The van der Waals surface area contributed by atoms with Gasteiger partial charge >= 0.3 is 5.97 Å². The maximum atomic E-state index is 12.4. The summed E-state index contributed by atoms with van der Waals surface area (Å²) in [4.78, 5) is 25.4. The van der Waals surface area contributed by atoms with Crippen LogP contribution in [0.1, 0.15) is 29.5 Å². The second kappa shape index (κ2) is 4.58. The van der Waals surface area contributed by atoms with E-state index >= 15 is 0 Å². The van der Waals surface area contributed by atoms with Crippen LogP contribution >= 0.6 is 15.9 Å². The van der Waals surface area contributed by atoms with Gasteiger partial charge in [0.25, 0.3) is 0 Å². The van der Waals surface area contributed by atoms with Crippen LogP contribution in [0.2, 0.25) is 0 Å². The average molecular weight is 338 g/mol. The Bertz CT molecular complexity index is 607. The molecule has 0 spiro atoms. The minimum Gasteiger partial charge on any atom is -0.480 e. The molecule has 5 heteroatoms. The van der Waals surface area contributed by atoms with Crippen LogP contribution in [0, 0.1) is 12.3 Å². The van der Waals surface area contributed by atoms with Crippen molar-refractivity contribution in [2.75, 3.05) is 6.54 Å². The molecule has 1 heterocycles. The smallest absolute Gasteiger partial charge is 0.319 e. The number of nitrogens with zero attached hydrogens (tertiary/aromatic N) is 1. The quantitative estimate of drug-likeness (QED) is 0.843. The molecule has 0 radical (unpaired) electrons. The topological polar surface area (TPSA) is 57.6 Å². The van der Waals surface area contributed by atoms with Gasteiger partial charge in [-0.3, -0.25) is 9.59 Å². The first-order valence-corrected chi connectivity index (χ1v) is 7.54. The predicted molar refractivity (Wildman–Crippen MR) is 77.3 cm³/mol. The fourth-order valence-electron chi connectivity index (χ4n) is 2.94. The van der Waals surface area contributed by atoms with Crippen molar-refractivity contribution in [3.05, 3.63) is 33.3 Å². The van der Waals surface area contributed by atoms with Gasteiger partial charge < -0.3 is 10.0 Å². The van der Waals surface area contributed by atoms with Crippen molar-refractivity contribution in [1.82, 2.24) is 4.90 Å². The number of hydrogen-bond acceptors (Lipinski definition) is 2. The van der Waals surface area contributed by atoms with Crippen molar-refractivity contribution in [3.63, 3.8) is 0 Å². The lowest BCUT2D eigenvalue weighted by Gasteiger charge is -2.32. The highest BCUT2D eigenvalue weighted by atomic mass is 79.9. The Hall–Kier alpha value is -1.36. The largest absolute Gasteiger partial charge is 0.480 e. The van der Waals surface area contributed by atoms with Crippen molar-refractivity contribution >= 4 is 27.8 Å². The number of halogens is 1. The Morgan fingerprint density at radius 2 is 2.05 bits per heavy atom. The highest BCUT2D eigenvalue weighted by Crippen LogP contribution is 2.48. The molecule has 4 nitrogen and oxygen atoms in total. The van der Waals surface area contributed by atoms with Gasteiger partial charge in [-0.05, 0) is 55.0 Å². The van der Waals surface area contributed by atoms with Crippen LogP contribution in [-0.4, -0.2) is 28.4 Å². The van der Waals surface area contributed by atoms with E-state index in [1.807, 2.05) is 13.0 Å². The number of aryl methyl sites for hydroxylation is 1. The Morgan fingerprint density at radius 1 is 1.35 bits per heavy atom. The van der Waals surface area contributed by atoms with Gasteiger partial charge in [-0.15, -0.1) is 0 Å². The van der Waals surface area contributed by atoms with E-state index in [9.17, 15) is 14.7 Å². The molecule has 1 saturated carbocycles. The predicted octanol–water partition coefficient (Wildman–Crippen LogP) is 2.51. The van der Waals surface area contributed by atoms with Crippen molar-refractivity contribution in [3.8, 4) is 0 Å². The van der Waals surface area contributed by atoms with Crippen LogP contribution in [-0.2, 0) is 22.6 Å². The first-order chi connectivity index (χ1) is 9.44. The maximum absolute atomic E-state index is 12.4. The fraction of sp³-hybridized carbons (Fsp3) is 0.467. The van der Waals surface area contributed by atoms with Crippen LogP contribution in [0.3, 0.4) is 0 Å². The van der Waals surface area contributed by atoms with Crippen LogP contribution in [0.15, 0.2) is 16.6 Å². The third-order valence-corrected chi connectivity index (χ3v) is 4.84. The summed E-state index contributed by atoms with van der Waals surface area (Å²) >= 11 is 3.49. The molecule has 106 valence electrons. The van der Waals surface area contributed by atoms with Gasteiger partial charge in [-0.25, -0.2) is 0 Å². The molecular weight excluding hydrogens is 322 g/mol. The van der Waals surface area contributed by atoms with E-state index in [2.05, 4.69) is 22.0 Å². The standard InChI is InChI=1S/C15H16BrNO3/c1-9-6-11(16)7-10-2-5-17(8-12(9)10)13(18)15(3-4-15)14(19)20/h6-7H,2-5,8H2,1H3,(H,19,20). The van der Waals surface area contributed by atoms with Crippen LogP contribution < -0.4 is 0 Å². The molecule has 0 atom stereocenters. The van der Waals surface area contributed by atoms with Crippen LogP contribution in [0.4, 0.5) is 0 Å². The fourth-order valence-corrected chi connectivity index (χ4v) is 3.56. The summed E-state index contributed by atoms with van der Waals surface area (Å²) in [5.74, 6) is -1.18. The van der Waals surface area contributed by atoms with E-state index in [0.29, 0.717) is 25.9 Å². The van der Waals surface area contributed by atoms with Gasteiger partial charge in [0.2, 0.25) is 5.91 Å². The molecule has 0 bridgehead atoms. The Morgan fingerprint density at radius 3 is 2.65 bits per heavy atom. The molecular formula is C15H16BrNO3. The van der Waals surface area contributed by atoms with E-state index in [1.165, 1.54) is 5.56 Å². The lowest BCUT2D eigenvalue weighted by Crippen LogP contribution is -2.43. The number of hydrogen-bond donors (Lipinski definition) is 1. The van der Waals surface area contributed by atoms with Crippen molar-refractivity contribution in [2.45, 2.75) is 32.7 Å². The van der Waals surface area contributed by atoms with Crippen molar-refractivity contribution in [2.24, 2.45) is 5.41 Å².